The fourth-order valence-electron chi connectivity index (χ4n) is 3.09. The average Bonchev–Trinajstić information content (AvgIpc) is 3.10. The zero-order chi connectivity index (χ0) is 23.6. The summed E-state index contributed by atoms with van der Waals surface area (Å²) >= 11 is 22.2. The molecule has 0 atom stereocenters. The summed E-state index contributed by atoms with van der Waals surface area (Å²) in [4.78, 5) is 32.2. The van der Waals surface area contributed by atoms with E-state index in [1.54, 1.807) is 31.3 Å². The molecule has 32 heavy (non-hydrogen) atoms. The van der Waals surface area contributed by atoms with Gasteiger partial charge in [0.2, 0.25) is 0 Å². The number of hydrogen-bond donors (Lipinski definition) is 1. The summed E-state index contributed by atoms with van der Waals surface area (Å²) < 4.78 is 1.76. The quantitative estimate of drug-likeness (QED) is 0.414. The first kappa shape index (κ1) is 24.5. The molecule has 0 saturated heterocycles. The maximum absolute atomic E-state index is 13.7. The van der Waals surface area contributed by atoms with E-state index in [9.17, 15) is 9.59 Å². The molecular weight excluding hydrogens is 541 g/mol. The Hall–Kier alpha value is -2.13. The molecule has 0 radical (unpaired) electrons. The summed E-state index contributed by atoms with van der Waals surface area (Å²) in [5.41, 5.74) is 0.616. The van der Waals surface area contributed by atoms with Crippen LogP contribution in [0.1, 0.15) is 41.6 Å². The van der Waals surface area contributed by atoms with Crippen molar-refractivity contribution in [3.63, 3.8) is 0 Å². The Bertz CT molecular complexity index is 1180. The van der Waals surface area contributed by atoms with Gasteiger partial charge in [0.25, 0.3) is 11.8 Å². The lowest BCUT2D eigenvalue weighted by molar-refractivity contribution is 0.0943. The normalized spacial score (nSPS) is 11.0. The van der Waals surface area contributed by atoms with Gasteiger partial charge in [0.1, 0.15) is 10.3 Å². The summed E-state index contributed by atoms with van der Waals surface area (Å²) in [6.45, 7) is 5.66. The molecule has 7 nitrogen and oxygen atoms in total. The van der Waals surface area contributed by atoms with Crippen molar-refractivity contribution in [3.05, 3.63) is 67.5 Å². The number of halogens is 4. The van der Waals surface area contributed by atoms with Crippen LogP contribution in [0.3, 0.4) is 0 Å². The highest BCUT2D eigenvalue weighted by atomic mass is 79.9. The lowest BCUT2D eigenvalue weighted by Gasteiger charge is -2.25. The second-order valence-electron chi connectivity index (χ2n) is 7.03. The van der Waals surface area contributed by atoms with E-state index < -0.39 is 11.8 Å². The van der Waals surface area contributed by atoms with Crippen LogP contribution in [0.2, 0.25) is 15.1 Å². The van der Waals surface area contributed by atoms with Gasteiger partial charge in [-0.25, -0.2) is 9.67 Å². The van der Waals surface area contributed by atoms with Crippen molar-refractivity contribution in [3.8, 4) is 5.82 Å². The molecule has 0 aliphatic heterocycles. The second-order valence-corrected chi connectivity index (χ2v) is 9.10. The van der Waals surface area contributed by atoms with Gasteiger partial charge < -0.3 is 10.2 Å². The average molecular weight is 560 g/mol. The number of nitrogens with zero attached hydrogens (tertiary/aromatic N) is 4. The maximum Gasteiger partial charge on any atom is 0.277 e. The first-order chi connectivity index (χ1) is 15.1. The number of benzene rings is 1. The number of carbonyl (C=O) groups is 2. The largest absolute Gasteiger partial charge is 0.350 e. The number of carbonyl (C=O) groups excluding carboxylic acids is 2. The fraction of sp³-hybridized carbons (Fsp3) is 0.238. The predicted molar refractivity (Wildman–Crippen MR) is 130 cm³/mol. The van der Waals surface area contributed by atoms with E-state index in [0.717, 1.165) is 0 Å². The lowest BCUT2D eigenvalue weighted by atomic mass is 10.1. The third-order valence-electron chi connectivity index (χ3n) is 4.36. The third kappa shape index (κ3) is 5.09. The minimum atomic E-state index is -0.449. The van der Waals surface area contributed by atoms with Crippen molar-refractivity contribution in [2.75, 3.05) is 11.4 Å². The molecule has 0 aliphatic carbocycles. The molecule has 0 unspecified atom stereocenters. The summed E-state index contributed by atoms with van der Waals surface area (Å²) in [7, 11) is 0. The number of anilines is 1. The van der Waals surface area contributed by atoms with Crippen molar-refractivity contribution >= 4 is 68.2 Å². The van der Waals surface area contributed by atoms with Crippen molar-refractivity contribution in [2.45, 2.75) is 26.8 Å². The van der Waals surface area contributed by atoms with E-state index in [0.29, 0.717) is 15.4 Å². The van der Waals surface area contributed by atoms with Crippen LogP contribution in [-0.2, 0) is 0 Å². The van der Waals surface area contributed by atoms with Gasteiger partial charge in [-0.05, 0) is 61.0 Å². The van der Waals surface area contributed by atoms with Gasteiger partial charge >= 0.3 is 0 Å². The Morgan fingerprint density at radius 2 is 1.91 bits per heavy atom. The lowest BCUT2D eigenvalue weighted by Crippen LogP contribution is -2.36. The minimum absolute atomic E-state index is 0.123. The Labute approximate surface area is 208 Å². The van der Waals surface area contributed by atoms with Crippen LogP contribution < -0.4 is 10.2 Å². The molecule has 11 heteroatoms. The first-order valence-corrected chi connectivity index (χ1v) is 11.5. The van der Waals surface area contributed by atoms with E-state index in [-0.39, 0.29) is 39.6 Å². The van der Waals surface area contributed by atoms with Gasteiger partial charge in [-0.1, -0.05) is 34.8 Å². The second kappa shape index (κ2) is 10.2. The number of pyridine rings is 1. The minimum Gasteiger partial charge on any atom is -0.350 e. The molecule has 1 N–H and O–H groups in total. The molecule has 0 saturated carbocycles. The standard InChI is InChI=1S/C21H19BrCl3N5O2/c1-4-29(18-13(20(31)27-11(2)3)8-12(23)9-15(18)25)21(32)16-10-17(22)28-30(16)19-14(24)6-5-7-26-19/h5-11H,4H2,1-3H3,(H,27,31). The fourth-order valence-corrected chi connectivity index (χ4v) is 4.27. The molecule has 2 amide bonds. The van der Waals surface area contributed by atoms with Gasteiger partial charge in [0.05, 0.1) is 21.3 Å². The molecule has 2 heterocycles. The van der Waals surface area contributed by atoms with Gasteiger partial charge in [-0.2, -0.15) is 5.10 Å². The van der Waals surface area contributed by atoms with E-state index in [1.807, 2.05) is 13.8 Å². The molecule has 0 aliphatic rings. The highest BCUT2D eigenvalue weighted by Gasteiger charge is 2.29. The van der Waals surface area contributed by atoms with E-state index in [4.69, 9.17) is 34.8 Å². The van der Waals surface area contributed by atoms with Crippen LogP contribution in [0, 0.1) is 0 Å². The Morgan fingerprint density at radius 1 is 1.19 bits per heavy atom. The van der Waals surface area contributed by atoms with Crippen LogP contribution >= 0.6 is 50.7 Å². The van der Waals surface area contributed by atoms with Crippen molar-refractivity contribution in [1.29, 1.82) is 0 Å². The van der Waals surface area contributed by atoms with Gasteiger partial charge in [0.15, 0.2) is 5.82 Å². The molecular formula is C21H19BrCl3N5O2. The highest BCUT2D eigenvalue weighted by molar-refractivity contribution is 9.10. The number of hydrogen-bond acceptors (Lipinski definition) is 4. The Kier molecular flexibility index (Phi) is 7.82. The monoisotopic (exact) mass is 557 g/mol. The number of amides is 2. The SMILES string of the molecule is CCN(C(=O)c1cc(Br)nn1-c1ncccc1Cl)c1c(Cl)cc(Cl)cc1C(=O)NC(C)C. The maximum atomic E-state index is 13.7. The van der Waals surface area contributed by atoms with Crippen LogP contribution in [0.4, 0.5) is 5.69 Å². The Balaban J connectivity index is 2.15. The smallest absolute Gasteiger partial charge is 0.277 e. The van der Waals surface area contributed by atoms with Crippen LogP contribution in [-0.4, -0.2) is 39.2 Å². The zero-order valence-corrected chi connectivity index (χ0v) is 21.2. The predicted octanol–water partition coefficient (Wildman–Crippen LogP) is 5.79. The molecule has 0 spiro atoms. The molecule has 3 rings (SSSR count). The van der Waals surface area contributed by atoms with Crippen LogP contribution in [0.15, 0.2) is 41.1 Å². The van der Waals surface area contributed by atoms with E-state index >= 15 is 0 Å². The molecule has 3 aromatic rings. The van der Waals surface area contributed by atoms with Gasteiger partial charge in [-0.15, -0.1) is 0 Å². The van der Waals surface area contributed by atoms with Gasteiger partial charge in [0, 0.05) is 29.9 Å². The van der Waals surface area contributed by atoms with Crippen molar-refractivity contribution in [1.82, 2.24) is 20.1 Å². The summed E-state index contributed by atoms with van der Waals surface area (Å²) in [6.07, 6.45) is 1.55. The molecule has 0 fully saturated rings. The van der Waals surface area contributed by atoms with E-state index in [2.05, 4.69) is 31.3 Å². The molecule has 168 valence electrons. The third-order valence-corrected chi connectivity index (χ3v) is 5.55. The molecule has 2 aromatic heterocycles. The van der Waals surface area contributed by atoms with E-state index in [1.165, 1.54) is 21.7 Å². The number of rotatable bonds is 6. The van der Waals surface area contributed by atoms with Crippen LogP contribution in [0.5, 0.6) is 0 Å². The summed E-state index contributed by atoms with van der Waals surface area (Å²) in [5.74, 6) is -0.553. The summed E-state index contributed by atoms with van der Waals surface area (Å²) in [6, 6.07) is 7.73. The van der Waals surface area contributed by atoms with Crippen LogP contribution in [0.25, 0.3) is 5.82 Å². The summed E-state index contributed by atoms with van der Waals surface area (Å²) in [5, 5.41) is 7.90. The van der Waals surface area contributed by atoms with Crippen molar-refractivity contribution < 1.29 is 9.59 Å². The van der Waals surface area contributed by atoms with Crippen molar-refractivity contribution in [2.24, 2.45) is 0 Å². The Morgan fingerprint density at radius 3 is 2.53 bits per heavy atom. The number of aromatic nitrogens is 3. The first-order valence-electron chi connectivity index (χ1n) is 9.62. The zero-order valence-electron chi connectivity index (χ0n) is 17.4. The molecule has 0 bridgehead atoms. The topological polar surface area (TPSA) is 80.1 Å². The van der Waals surface area contributed by atoms with Gasteiger partial charge in [-0.3, -0.25) is 9.59 Å². The highest BCUT2D eigenvalue weighted by Crippen LogP contribution is 2.35. The molecule has 1 aromatic carbocycles. The number of nitrogens with one attached hydrogen (secondary N) is 1.